The van der Waals surface area contributed by atoms with E-state index in [0.29, 0.717) is 11.3 Å². The van der Waals surface area contributed by atoms with Gasteiger partial charge in [-0.1, -0.05) is 6.92 Å². The summed E-state index contributed by atoms with van der Waals surface area (Å²) >= 11 is 1.62. The van der Waals surface area contributed by atoms with E-state index in [1.165, 1.54) is 4.90 Å². The fourth-order valence-corrected chi connectivity index (χ4v) is 7.07. The Morgan fingerprint density at radius 2 is 1.97 bits per heavy atom. The van der Waals surface area contributed by atoms with Crippen molar-refractivity contribution in [2.75, 3.05) is 13.1 Å². The molecule has 2 saturated heterocycles. The second-order valence-electron chi connectivity index (χ2n) is 9.01. The first-order chi connectivity index (χ1) is 14.2. The van der Waals surface area contributed by atoms with Crippen LogP contribution >= 0.6 is 11.8 Å². The van der Waals surface area contributed by atoms with Gasteiger partial charge in [0, 0.05) is 41.2 Å². The van der Waals surface area contributed by atoms with Gasteiger partial charge in [0.25, 0.3) is 0 Å². The number of likely N-dealkylation sites (tertiary alicyclic amines) is 1. The standard InChI is InChI=1S/C20H31N5O4S/c1-9-15-14(10(2)26)18(27)25(15)16(19(28)29)17(9)30-13-7-12(8-13)24-5-3-11(4-6-24)23-20(21)22/h9-15,26H,3-8H2,1-2H3,(H,28,29)(H4,21,22,23)/t9-,10-,12-,13+,14-,15-/m1/s1. The average molecular weight is 438 g/mol. The minimum atomic E-state index is -1.06. The topological polar surface area (TPSA) is 143 Å². The molecule has 0 spiro atoms. The van der Waals surface area contributed by atoms with Gasteiger partial charge in [0.2, 0.25) is 5.91 Å². The molecule has 0 aromatic carbocycles. The van der Waals surface area contributed by atoms with Crippen molar-refractivity contribution in [3.05, 3.63) is 10.6 Å². The zero-order chi connectivity index (χ0) is 21.7. The number of fused-ring (bicyclic) bond motifs is 1. The van der Waals surface area contributed by atoms with Gasteiger partial charge in [0.1, 0.15) is 5.70 Å². The van der Waals surface area contributed by atoms with Crippen LogP contribution in [-0.2, 0) is 9.59 Å². The quantitative estimate of drug-likeness (QED) is 0.228. The molecule has 0 aromatic heterocycles. The Morgan fingerprint density at radius 3 is 2.50 bits per heavy atom. The second-order valence-corrected chi connectivity index (χ2v) is 10.3. The largest absolute Gasteiger partial charge is 0.477 e. The first kappa shape index (κ1) is 21.5. The van der Waals surface area contributed by atoms with Crippen molar-refractivity contribution >= 4 is 29.6 Å². The van der Waals surface area contributed by atoms with E-state index in [9.17, 15) is 19.8 Å². The molecule has 4 aliphatic rings. The number of hydrogen-bond acceptors (Lipinski definition) is 6. The zero-order valence-electron chi connectivity index (χ0n) is 17.4. The predicted octanol–water partition coefficient (Wildman–Crippen LogP) is 0.352. The Labute approximate surface area is 180 Å². The lowest BCUT2D eigenvalue weighted by molar-refractivity contribution is -0.163. The number of carbonyl (C=O) groups excluding carboxylic acids is 1. The van der Waals surface area contributed by atoms with Crippen molar-refractivity contribution in [2.45, 2.75) is 69.0 Å². The Bertz CT molecular complexity index is 773. The number of carbonyl (C=O) groups is 2. The van der Waals surface area contributed by atoms with Crippen molar-refractivity contribution in [3.8, 4) is 0 Å². The molecular weight excluding hydrogens is 406 g/mol. The molecule has 0 bridgehead atoms. The van der Waals surface area contributed by atoms with Gasteiger partial charge in [-0.15, -0.1) is 11.8 Å². The molecule has 6 N–H and O–H groups in total. The summed E-state index contributed by atoms with van der Waals surface area (Å²) in [7, 11) is 0. The highest BCUT2D eigenvalue weighted by molar-refractivity contribution is 8.03. The zero-order valence-corrected chi connectivity index (χ0v) is 18.2. The number of nitrogens with one attached hydrogen (secondary N) is 2. The Hall–Kier alpha value is -1.78. The fourth-order valence-electron chi connectivity index (χ4n) is 5.42. The number of aliphatic carboxylic acids is 1. The van der Waals surface area contributed by atoms with E-state index in [0.717, 1.165) is 43.7 Å². The van der Waals surface area contributed by atoms with Crippen LogP contribution in [0.15, 0.2) is 10.6 Å². The van der Waals surface area contributed by atoms with Crippen LogP contribution in [-0.4, -0.2) is 80.4 Å². The number of piperidine rings is 1. The third kappa shape index (κ3) is 3.58. The first-order valence-corrected chi connectivity index (χ1v) is 11.6. The maximum atomic E-state index is 12.4. The number of thioether (sulfide) groups is 1. The summed E-state index contributed by atoms with van der Waals surface area (Å²) in [5.74, 6) is -1.87. The highest BCUT2D eigenvalue weighted by atomic mass is 32.2. The monoisotopic (exact) mass is 437 g/mol. The van der Waals surface area contributed by atoms with Crippen molar-refractivity contribution < 1.29 is 19.8 Å². The summed E-state index contributed by atoms with van der Waals surface area (Å²) in [6.07, 6.45) is 3.19. The summed E-state index contributed by atoms with van der Waals surface area (Å²) in [4.78, 5) is 29.0. The highest BCUT2D eigenvalue weighted by Gasteiger charge is 2.60. The molecule has 30 heavy (non-hydrogen) atoms. The summed E-state index contributed by atoms with van der Waals surface area (Å²) < 4.78 is 0. The smallest absolute Gasteiger partial charge is 0.353 e. The molecule has 10 heteroatoms. The number of guanidine groups is 1. The van der Waals surface area contributed by atoms with E-state index in [4.69, 9.17) is 11.1 Å². The van der Waals surface area contributed by atoms with E-state index >= 15 is 0 Å². The van der Waals surface area contributed by atoms with Crippen LogP contribution in [0.1, 0.15) is 39.5 Å². The lowest BCUT2D eigenvalue weighted by Gasteiger charge is -2.46. The molecule has 1 aliphatic carbocycles. The Morgan fingerprint density at radius 1 is 1.33 bits per heavy atom. The molecule has 0 radical (unpaired) electrons. The third-order valence-electron chi connectivity index (χ3n) is 7.08. The number of aliphatic hydroxyl groups excluding tert-OH is 1. The number of rotatable bonds is 6. The van der Waals surface area contributed by atoms with Crippen molar-refractivity contribution in [2.24, 2.45) is 17.6 Å². The number of amides is 1. The van der Waals surface area contributed by atoms with E-state index < -0.39 is 18.0 Å². The minimum absolute atomic E-state index is 0.0303. The molecule has 3 fully saturated rings. The van der Waals surface area contributed by atoms with Gasteiger partial charge in [-0.3, -0.25) is 10.2 Å². The maximum absolute atomic E-state index is 12.4. The van der Waals surface area contributed by atoms with E-state index in [1.54, 1.807) is 18.7 Å². The summed E-state index contributed by atoms with van der Waals surface area (Å²) in [6.45, 7) is 5.53. The van der Waals surface area contributed by atoms with E-state index in [2.05, 4.69) is 10.2 Å². The fraction of sp³-hybridized carbons (Fsp3) is 0.750. The molecule has 4 rings (SSSR count). The number of nitrogens with two attached hydrogens (primary N) is 1. The van der Waals surface area contributed by atoms with Crippen LogP contribution in [0.5, 0.6) is 0 Å². The predicted molar refractivity (Wildman–Crippen MR) is 114 cm³/mol. The van der Waals surface area contributed by atoms with Gasteiger partial charge in [-0.2, -0.15) is 0 Å². The van der Waals surface area contributed by atoms with Crippen LogP contribution in [0.3, 0.4) is 0 Å². The summed E-state index contributed by atoms with van der Waals surface area (Å²) in [5, 5.41) is 30.4. The number of aliphatic hydroxyl groups is 1. The maximum Gasteiger partial charge on any atom is 0.353 e. The molecule has 1 amide bonds. The van der Waals surface area contributed by atoms with Gasteiger partial charge < -0.3 is 31.1 Å². The minimum Gasteiger partial charge on any atom is -0.477 e. The van der Waals surface area contributed by atoms with Gasteiger partial charge >= 0.3 is 5.97 Å². The van der Waals surface area contributed by atoms with Crippen LogP contribution in [0.25, 0.3) is 0 Å². The van der Waals surface area contributed by atoms with Crippen LogP contribution in [0.2, 0.25) is 0 Å². The van der Waals surface area contributed by atoms with Crippen LogP contribution < -0.4 is 11.1 Å². The lowest BCUT2D eigenvalue weighted by atomic mass is 9.79. The van der Waals surface area contributed by atoms with E-state index in [1.807, 2.05) is 6.92 Å². The number of β-lactam (4-membered cyclic amide) rings is 1. The second kappa shape index (κ2) is 8.05. The number of carboxylic acids is 1. The molecule has 9 nitrogen and oxygen atoms in total. The third-order valence-corrected chi connectivity index (χ3v) is 8.62. The SMILES string of the molecule is C[C@@H](O)[C@H]1C(=O)N2C(C(=O)O)=C(S[C@H]3C[C@@H](N4CCC(NC(=N)N)CC4)C3)[C@H](C)[C@H]12. The van der Waals surface area contributed by atoms with Gasteiger partial charge in [0.15, 0.2) is 5.96 Å². The lowest BCUT2D eigenvalue weighted by Crippen LogP contribution is -2.63. The summed E-state index contributed by atoms with van der Waals surface area (Å²) in [6, 6.07) is 0.542. The van der Waals surface area contributed by atoms with Crippen molar-refractivity contribution in [1.29, 1.82) is 5.41 Å². The average Bonchev–Trinajstić information content (AvgIpc) is 2.87. The highest BCUT2D eigenvalue weighted by Crippen LogP contribution is 2.53. The van der Waals surface area contributed by atoms with Crippen molar-refractivity contribution in [1.82, 2.24) is 15.1 Å². The number of carboxylic acid groups (broad SMARTS) is 1. The number of nitrogens with zero attached hydrogens (tertiary/aromatic N) is 2. The molecule has 3 aliphatic heterocycles. The van der Waals surface area contributed by atoms with E-state index in [-0.39, 0.29) is 35.6 Å². The van der Waals surface area contributed by atoms with Crippen LogP contribution in [0.4, 0.5) is 0 Å². The molecule has 0 aromatic rings. The molecule has 166 valence electrons. The van der Waals surface area contributed by atoms with Gasteiger partial charge in [-0.25, -0.2) is 4.79 Å². The normalized spacial score (nSPS) is 35.5. The molecular formula is C20H31N5O4S. The number of hydrogen-bond donors (Lipinski definition) is 5. The van der Waals surface area contributed by atoms with Gasteiger partial charge in [-0.05, 0) is 32.6 Å². The molecule has 0 unspecified atom stereocenters. The first-order valence-electron chi connectivity index (χ1n) is 10.7. The van der Waals surface area contributed by atoms with Crippen LogP contribution in [0, 0.1) is 17.2 Å². The Balaban J connectivity index is 1.34. The van der Waals surface area contributed by atoms with Gasteiger partial charge in [0.05, 0.1) is 18.1 Å². The summed E-state index contributed by atoms with van der Waals surface area (Å²) in [5.41, 5.74) is 5.55. The molecule has 1 saturated carbocycles. The molecule has 3 heterocycles. The Kier molecular flexibility index (Phi) is 5.75. The molecule has 4 atom stereocenters. The van der Waals surface area contributed by atoms with Crippen molar-refractivity contribution in [3.63, 3.8) is 0 Å².